The van der Waals surface area contributed by atoms with Crippen LogP contribution in [-0.4, -0.2) is 95.9 Å². The Labute approximate surface area is 164 Å². The van der Waals surface area contributed by atoms with E-state index in [1.165, 1.54) is 10.5 Å². The summed E-state index contributed by atoms with van der Waals surface area (Å²) < 4.78 is 0. The first-order valence-electron chi connectivity index (χ1n) is 9.94. The summed E-state index contributed by atoms with van der Waals surface area (Å²) in [5, 5.41) is 18.7. The summed E-state index contributed by atoms with van der Waals surface area (Å²) in [6, 6.07) is 6.34. The summed E-state index contributed by atoms with van der Waals surface area (Å²) in [5.41, 5.74) is 3.49. The minimum Gasteiger partial charge on any atom is -0.465 e. The number of aliphatic hydroxyl groups excluding tert-OH is 1. The van der Waals surface area contributed by atoms with Gasteiger partial charge in [0.2, 0.25) is 5.91 Å². The molecule has 0 spiro atoms. The normalized spacial score (nSPS) is 22.7. The van der Waals surface area contributed by atoms with Gasteiger partial charge in [0.05, 0.1) is 18.7 Å². The zero-order chi connectivity index (χ0) is 19.8. The second-order valence-electron chi connectivity index (χ2n) is 8.05. The third-order valence-corrected chi connectivity index (χ3v) is 6.26. The SMILES string of the molecule is CN(C(=O)O)C1CCc2ccc(N3CCN(CC(=O)N4CC(O)C4)CC3)cc21. The van der Waals surface area contributed by atoms with E-state index in [2.05, 4.69) is 28.0 Å². The third-order valence-electron chi connectivity index (χ3n) is 6.26. The Balaban J connectivity index is 1.36. The number of amides is 2. The summed E-state index contributed by atoms with van der Waals surface area (Å²) in [7, 11) is 1.64. The third kappa shape index (κ3) is 3.66. The molecular weight excluding hydrogens is 360 g/mol. The zero-order valence-electron chi connectivity index (χ0n) is 16.3. The van der Waals surface area contributed by atoms with Gasteiger partial charge in [-0.2, -0.15) is 0 Å². The first-order valence-corrected chi connectivity index (χ1v) is 9.94. The molecule has 8 heteroatoms. The number of likely N-dealkylation sites (tertiary alicyclic amines) is 1. The van der Waals surface area contributed by atoms with Crippen molar-refractivity contribution < 1.29 is 19.8 Å². The second kappa shape index (κ2) is 7.60. The number of aliphatic hydroxyl groups is 1. The lowest BCUT2D eigenvalue weighted by atomic mass is 10.1. The Kier molecular flexibility index (Phi) is 5.16. The minimum atomic E-state index is -0.892. The number of carbonyl (C=O) groups is 2. The van der Waals surface area contributed by atoms with Crippen molar-refractivity contribution in [2.45, 2.75) is 25.0 Å². The van der Waals surface area contributed by atoms with Gasteiger partial charge in [0.1, 0.15) is 0 Å². The molecule has 0 radical (unpaired) electrons. The predicted octanol–water partition coefficient (Wildman–Crippen LogP) is 0.609. The van der Waals surface area contributed by atoms with Crippen LogP contribution in [0.15, 0.2) is 18.2 Å². The van der Waals surface area contributed by atoms with Gasteiger partial charge >= 0.3 is 6.09 Å². The number of fused-ring (bicyclic) bond motifs is 1. The molecule has 1 aromatic carbocycles. The fourth-order valence-electron chi connectivity index (χ4n) is 4.41. The molecule has 3 aliphatic rings. The largest absolute Gasteiger partial charge is 0.465 e. The Hall–Kier alpha value is -2.32. The van der Waals surface area contributed by atoms with Gasteiger partial charge < -0.3 is 24.9 Å². The Morgan fingerprint density at radius 2 is 1.89 bits per heavy atom. The van der Waals surface area contributed by atoms with E-state index in [9.17, 15) is 19.8 Å². The summed E-state index contributed by atoms with van der Waals surface area (Å²) in [5.74, 6) is 0.0934. The number of nitrogens with zero attached hydrogens (tertiary/aromatic N) is 4. The molecule has 2 saturated heterocycles. The summed E-state index contributed by atoms with van der Waals surface area (Å²) in [6.45, 7) is 4.65. The lowest BCUT2D eigenvalue weighted by molar-refractivity contribution is -0.142. The first-order chi connectivity index (χ1) is 13.4. The van der Waals surface area contributed by atoms with E-state index in [0.29, 0.717) is 19.6 Å². The van der Waals surface area contributed by atoms with Crippen LogP contribution in [0.4, 0.5) is 10.5 Å². The molecule has 2 N–H and O–H groups in total. The van der Waals surface area contributed by atoms with Crippen LogP contribution in [0.2, 0.25) is 0 Å². The van der Waals surface area contributed by atoms with Crippen molar-refractivity contribution >= 4 is 17.7 Å². The molecular formula is C20H28N4O4. The molecule has 0 bridgehead atoms. The van der Waals surface area contributed by atoms with Gasteiger partial charge in [-0.05, 0) is 36.1 Å². The zero-order valence-corrected chi connectivity index (χ0v) is 16.3. The molecule has 0 aromatic heterocycles. The minimum absolute atomic E-state index is 0.0711. The molecule has 2 heterocycles. The summed E-state index contributed by atoms with van der Waals surface area (Å²) in [6.07, 6.45) is 0.502. The number of rotatable bonds is 4. The smallest absolute Gasteiger partial charge is 0.407 e. The molecule has 1 aliphatic carbocycles. The maximum absolute atomic E-state index is 12.2. The Morgan fingerprint density at radius 3 is 2.54 bits per heavy atom. The van der Waals surface area contributed by atoms with E-state index in [0.717, 1.165) is 50.3 Å². The molecule has 4 rings (SSSR count). The maximum Gasteiger partial charge on any atom is 0.407 e. The van der Waals surface area contributed by atoms with Crippen LogP contribution in [0.5, 0.6) is 0 Å². The van der Waals surface area contributed by atoms with Gasteiger partial charge in [0.15, 0.2) is 0 Å². The van der Waals surface area contributed by atoms with Crippen molar-refractivity contribution in [2.75, 3.05) is 57.8 Å². The van der Waals surface area contributed by atoms with Gasteiger partial charge in [-0.15, -0.1) is 0 Å². The van der Waals surface area contributed by atoms with Gasteiger partial charge in [-0.25, -0.2) is 4.79 Å². The number of hydrogen-bond acceptors (Lipinski definition) is 5. The van der Waals surface area contributed by atoms with E-state index >= 15 is 0 Å². The highest BCUT2D eigenvalue weighted by Gasteiger charge is 2.31. The molecule has 1 atom stereocenters. The molecule has 28 heavy (non-hydrogen) atoms. The fourth-order valence-corrected chi connectivity index (χ4v) is 4.41. The van der Waals surface area contributed by atoms with Crippen LogP contribution in [0.1, 0.15) is 23.6 Å². The van der Waals surface area contributed by atoms with Gasteiger partial charge in [-0.1, -0.05) is 6.07 Å². The molecule has 152 valence electrons. The van der Waals surface area contributed by atoms with Crippen molar-refractivity contribution in [3.05, 3.63) is 29.3 Å². The molecule has 0 saturated carbocycles. The summed E-state index contributed by atoms with van der Waals surface area (Å²) >= 11 is 0. The van der Waals surface area contributed by atoms with E-state index in [4.69, 9.17) is 0 Å². The number of hydrogen-bond donors (Lipinski definition) is 2. The van der Waals surface area contributed by atoms with Crippen LogP contribution >= 0.6 is 0 Å². The number of carbonyl (C=O) groups excluding carboxylic acids is 1. The van der Waals surface area contributed by atoms with Crippen LogP contribution < -0.4 is 4.90 Å². The lowest BCUT2D eigenvalue weighted by Crippen LogP contribution is -2.57. The van der Waals surface area contributed by atoms with E-state index in [-0.39, 0.29) is 18.1 Å². The van der Waals surface area contributed by atoms with Gasteiger partial charge in [0.25, 0.3) is 0 Å². The van der Waals surface area contributed by atoms with Crippen molar-refractivity contribution in [2.24, 2.45) is 0 Å². The highest BCUT2D eigenvalue weighted by molar-refractivity contribution is 5.79. The lowest BCUT2D eigenvalue weighted by Gasteiger charge is -2.40. The van der Waals surface area contributed by atoms with E-state index in [1.54, 1.807) is 11.9 Å². The molecule has 2 fully saturated rings. The number of carboxylic acid groups (broad SMARTS) is 1. The monoisotopic (exact) mass is 388 g/mol. The van der Waals surface area contributed by atoms with Gasteiger partial charge in [0, 0.05) is 52.0 Å². The van der Waals surface area contributed by atoms with E-state index < -0.39 is 6.09 Å². The van der Waals surface area contributed by atoms with Crippen LogP contribution in [0.25, 0.3) is 0 Å². The molecule has 1 aromatic rings. The average molecular weight is 388 g/mol. The summed E-state index contributed by atoms with van der Waals surface area (Å²) in [4.78, 5) is 31.1. The molecule has 1 unspecified atom stereocenters. The van der Waals surface area contributed by atoms with Crippen molar-refractivity contribution in [3.8, 4) is 0 Å². The van der Waals surface area contributed by atoms with Crippen molar-refractivity contribution in [1.82, 2.24) is 14.7 Å². The molecule has 2 amide bonds. The van der Waals surface area contributed by atoms with Gasteiger partial charge in [-0.3, -0.25) is 9.69 Å². The number of aryl methyl sites for hydroxylation is 1. The second-order valence-corrected chi connectivity index (χ2v) is 8.05. The topological polar surface area (TPSA) is 87.6 Å². The van der Waals surface area contributed by atoms with E-state index in [1.807, 2.05) is 0 Å². The van der Waals surface area contributed by atoms with Crippen molar-refractivity contribution in [1.29, 1.82) is 0 Å². The first kappa shape index (κ1) is 19.0. The molecule has 8 nitrogen and oxygen atoms in total. The Morgan fingerprint density at radius 1 is 1.18 bits per heavy atom. The number of anilines is 1. The van der Waals surface area contributed by atoms with Crippen LogP contribution in [0.3, 0.4) is 0 Å². The average Bonchev–Trinajstić information content (AvgIpc) is 3.08. The Bertz CT molecular complexity index is 757. The predicted molar refractivity (Wildman–Crippen MR) is 105 cm³/mol. The number of benzene rings is 1. The maximum atomic E-state index is 12.2. The highest BCUT2D eigenvalue weighted by atomic mass is 16.4. The highest BCUT2D eigenvalue weighted by Crippen LogP contribution is 2.37. The van der Waals surface area contributed by atoms with Crippen LogP contribution in [-0.2, 0) is 11.2 Å². The van der Waals surface area contributed by atoms with Crippen molar-refractivity contribution in [3.63, 3.8) is 0 Å². The quantitative estimate of drug-likeness (QED) is 0.786. The molecule has 2 aliphatic heterocycles. The number of piperazine rings is 1. The standard InChI is InChI=1S/C20H28N4O4/c1-21(20(27)28)18-5-3-14-2-4-15(10-17(14)18)23-8-6-22(7-9-23)13-19(26)24-11-16(25)12-24/h2,4,10,16,18,25H,3,5-9,11-13H2,1H3,(H,27,28). The number of β-amino-alcohol motifs (C(OH)–C–C–N with tert-alkyl or cyclic N) is 1. The van der Waals surface area contributed by atoms with Crippen LogP contribution in [0, 0.1) is 0 Å². The fraction of sp³-hybridized carbons (Fsp3) is 0.600.